The molecule has 1 aromatic heterocycles. The van der Waals surface area contributed by atoms with Gasteiger partial charge in [-0.05, 0) is 25.1 Å². The molecule has 1 fully saturated rings. The van der Waals surface area contributed by atoms with Gasteiger partial charge in [0.25, 0.3) is 5.91 Å². The highest BCUT2D eigenvalue weighted by molar-refractivity contribution is 8.01. The predicted octanol–water partition coefficient (Wildman–Crippen LogP) is 2.35. The fourth-order valence-corrected chi connectivity index (χ4v) is 6.02. The largest absolute Gasteiger partial charge is 0.496 e. The third-order valence-electron chi connectivity index (χ3n) is 4.27. The molecule has 2 aromatic rings. The molecule has 1 aromatic carbocycles. The van der Waals surface area contributed by atoms with Gasteiger partial charge in [0, 0.05) is 13.1 Å². The van der Waals surface area contributed by atoms with Gasteiger partial charge >= 0.3 is 0 Å². The van der Waals surface area contributed by atoms with Crippen LogP contribution in [-0.2, 0) is 14.8 Å². The van der Waals surface area contributed by atoms with Crippen LogP contribution in [0.1, 0.15) is 16.1 Å². The van der Waals surface area contributed by atoms with E-state index in [4.69, 9.17) is 14.7 Å². The van der Waals surface area contributed by atoms with Crippen LogP contribution in [0.15, 0.2) is 27.3 Å². The number of nitrogens with zero attached hydrogens (tertiary/aromatic N) is 3. The molecule has 2 heterocycles. The minimum Gasteiger partial charge on any atom is -0.496 e. The molecule has 0 saturated carbocycles. The zero-order chi connectivity index (χ0) is 21.7. The molecule has 0 aliphatic carbocycles. The second-order valence-corrected chi connectivity index (χ2v) is 10.4. The van der Waals surface area contributed by atoms with Gasteiger partial charge in [-0.15, -0.1) is 0 Å². The standard InChI is InChI=1S/C18H20N4O5S3/c1-12-17(28-10-5-19)29-18(20-12)21-16(23)14-11-13(3-4-15(14)26-2)30(24,25)22-6-8-27-9-7-22/h3-4,11H,6-10H2,1-2H3,(H,20,21,23). The number of nitriles is 1. The Hall–Kier alpha value is -2.17. The van der Waals surface area contributed by atoms with Gasteiger partial charge in [-0.25, -0.2) is 13.4 Å². The van der Waals surface area contributed by atoms with E-state index >= 15 is 0 Å². The predicted molar refractivity (Wildman–Crippen MR) is 114 cm³/mol. The summed E-state index contributed by atoms with van der Waals surface area (Å²) in [4.78, 5) is 17.2. The summed E-state index contributed by atoms with van der Waals surface area (Å²) in [5, 5.41) is 11.8. The van der Waals surface area contributed by atoms with Gasteiger partial charge in [-0.2, -0.15) is 9.57 Å². The number of rotatable bonds is 7. The highest BCUT2D eigenvalue weighted by Gasteiger charge is 2.28. The van der Waals surface area contributed by atoms with Gasteiger partial charge in [0.05, 0.1) is 52.5 Å². The number of thioether (sulfide) groups is 1. The molecule has 9 nitrogen and oxygen atoms in total. The molecule has 0 radical (unpaired) electrons. The minimum absolute atomic E-state index is 0.0101. The number of anilines is 1. The zero-order valence-electron chi connectivity index (χ0n) is 16.4. The summed E-state index contributed by atoms with van der Waals surface area (Å²) in [5.74, 6) is 0.00309. The quantitative estimate of drug-likeness (QED) is 0.615. The first kappa shape index (κ1) is 22.5. The zero-order valence-corrected chi connectivity index (χ0v) is 18.8. The first-order chi connectivity index (χ1) is 14.4. The van der Waals surface area contributed by atoms with Crippen LogP contribution in [0.2, 0.25) is 0 Å². The van der Waals surface area contributed by atoms with E-state index < -0.39 is 15.9 Å². The number of carbonyl (C=O) groups is 1. The first-order valence-corrected chi connectivity index (χ1v) is 12.2. The van der Waals surface area contributed by atoms with Gasteiger partial charge < -0.3 is 9.47 Å². The monoisotopic (exact) mass is 468 g/mol. The molecule has 0 spiro atoms. The summed E-state index contributed by atoms with van der Waals surface area (Å²) >= 11 is 2.60. The van der Waals surface area contributed by atoms with Crippen LogP contribution < -0.4 is 10.1 Å². The molecule has 1 saturated heterocycles. The minimum atomic E-state index is -3.76. The number of sulfonamides is 1. The number of hydrogen-bond acceptors (Lipinski definition) is 9. The molecule has 12 heteroatoms. The van der Waals surface area contributed by atoms with Gasteiger partial charge in [-0.3, -0.25) is 10.1 Å². The van der Waals surface area contributed by atoms with Crippen LogP contribution in [0.3, 0.4) is 0 Å². The fraction of sp³-hybridized carbons (Fsp3) is 0.389. The summed E-state index contributed by atoms with van der Waals surface area (Å²) in [7, 11) is -2.35. The molecular formula is C18H20N4O5S3. The third-order valence-corrected chi connectivity index (χ3v) is 8.46. The van der Waals surface area contributed by atoms with E-state index in [0.717, 1.165) is 4.21 Å². The Balaban J connectivity index is 1.86. The summed E-state index contributed by atoms with van der Waals surface area (Å²) in [6.07, 6.45) is 0. The normalized spacial score (nSPS) is 14.8. The van der Waals surface area contributed by atoms with Crippen LogP contribution in [0, 0.1) is 18.3 Å². The van der Waals surface area contributed by atoms with Crippen LogP contribution in [0.25, 0.3) is 0 Å². The number of morpholine rings is 1. The van der Waals surface area contributed by atoms with Crippen molar-refractivity contribution in [3.63, 3.8) is 0 Å². The molecule has 160 valence electrons. The number of amides is 1. The maximum atomic E-state index is 12.9. The van der Waals surface area contributed by atoms with Crippen molar-refractivity contribution in [3.05, 3.63) is 29.5 Å². The molecular weight excluding hydrogens is 448 g/mol. The second kappa shape index (κ2) is 9.76. The number of methoxy groups -OCH3 is 1. The summed E-state index contributed by atoms with van der Waals surface area (Å²) in [6.45, 7) is 2.98. The lowest BCUT2D eigenvalue weighted by Crippen LogP contribution is -2.40. The Morgan fingerprint density at radius 1 is 1.43 bits per heavy atom. The van der Waals surface area contributed by atoms with Crippen LogP contribution >= 0.6 is 23.1 Å². The lowest BCUT2D eigenvalue weighted by Gasteiger charge is -2.26. The van der Waals surface area contributed by atoms with Crippen molar-refractivity contribution >= 4 is 44.2 Å². The molecule has 1 amide bonds. The molecule has 1 aliphatic heterocycles. The number of carbonyl (C=O) groups excluding carboxylic acids is 1. The average Bonchev–Trinajstić information content (AvgIpc) is 3.10. The van der Waals surface area contributed by atoms with Crippen LogP contribution in [-0.4, -0.2) is 62.8 Å². The molecule has 0 atom stereocenters. The smallest absolute Gasteiger partial charge is 0.261 e. The van der Waals surface area contributed by atoms with Crippen LogP contribution in [0.4, 0.5) is 5.13 Å². The third kappa shape index (κ3) is 4.93. The number of ether oxygens (including phenoxy) is 2. The Labute approximate surface area is 183 Å². The second-order valence-electron chi connectivity index (χ2n) is 6.17. The molecule has 1 aliphatic rings. The van der Waals surface area contributed by atoms with E-state index in [-0.39, 0.29) is 35.1 Å². The van der Waals surface area contributed by atoms with Crippen molar-refractivity contribution in [2.75, 3.05) is 44.5 Å². The number of nitrogens with one attached hydrogen (secondary N) is 1. The number of aryl methyl sites for hydroxylation is 1. The molecule has 3 rings (SSSR count). The van der Waals surface area contributed by atoms with Crippen molar-refractivity contribution in [3.8, 4) is 11.8 Å². The number of hydrogen-bond donors (Lipinski definition) is 1. The fourth-order valence-electron chi connectivity index (χ4n) is 2.79. The van der Waals surface area contributed by atoms with E-state index in [9.17, 15) is 13.2 Å². The van der Waals surface area contributed by atoms with Crippen molar-refractivity contribution in [2.45, 2.75) is 16.0 Å². The van der Waals surface area contributed by atoms with Crippen molar-refractivity contribution in [1.29, 1.82) is 5.26 Å². The van der Waals surface area contributed by atoms with Crippen LogP contribution in [0.5, 0.6) is 5.75 Å². The Kier molecular flexibility index (Phi) is 7.32. The van der Waals surface area contributed by atoms with Gasteiger partial charge in [0.2, 0.25) is 10.0 Å². The van der Waals surface area contributed by atoms with E-state index in [2.05, 4.69) is 16.4 Å². The van der Waals surface area contributed by atoms with Gasteiger partial charge in [0.1, 0.15) is 5.75 Å². The maximum Gasteiger partial charge on any atom is 0.261 e. The van der Waals surface area contributed by atoms with E-state index in [0.29, 0.717) is 24.0 Å². The molecule has 0 unspecified atom stereocenters. The molecule has 1 N–H and O–H groups in total. The highest BCUT2D eigenvalue weighted by Crippen LogP contribution is 2.33. The first-order valence-electron chi connectivity index (χ1n) is 8.91. The highest BCUT2D eigenvalue weighted by atomic mass is 32.2. The molecule has 0 bridgehead atoms. The number of benzene rings is 1. The van der Waals surface area contributed by atoms with Crippen molar-refractivity contribution in [2.24, 2.45) is 0 Å². The lowest BCUT2D eigenvalue weighted by atomic mass is 10.2. The van der Waals surface area contributed by atoms with Gasteiger partial charge in [-0.1, -0.05) is 23.1 Å². The summed E-state index contributed by atoms with van der Waals surface area (Å²) in [5.41, 5.74) is 0.803. The summed E-state index contributed by atoms with van der Waals surface area (Å²) < 4.78 is 38.5. The van der Waals surface area contributed by atoms with E-state index in [1.807, 2.05) is 0 Å². The average molecular weight is 469 g/mol. The van der Waals surface area contributed by atoms with Crippen molar-refractivity contribution < 1.29 is 22.7 Å². The lowest BCUT2D eigenvalue weighted by molar-refractivity contribution is 0.0730. The van der Waals surface area contributed by atoms with Crippen molar-refractivity contribution in [1.82, 2.24) is 9.29 Å². The Morgan fingerprint density at radius 2 is 2.17 bits per heavy atom. The number of aromatic nitrogens is 1. The molecule has 30 heavy (non-hydrogen) atoms. The topological polar surface area (TPSA) is 122 Å². The SMILES string of the molecule is COc1ccc(S(=O)(=O)N2CCOCC2)cc1C(=O)Nc1nc(C)c(SCC#N)s1. The summed E-state index contributed by atoms with van der Waals surface area (Å²) in [6, 6.07) is 6.24. The van der Waals surface area contributed by atoms with Gasteiger partial charge in [0.15, 0.2) is 5.13 Å². The van der Waals surface area contributed by atoms with E-state index in [1.54, 1.807) is 6.92 Å². The Bertz CT molecular complexity index is 1070. The Morgan fingerprint density at radius 3 is 2.83 bits per heavy atom. The number of thiazole rings is 1. The van der Waals surface area contributed by atoms with E-state index in [1.165, 1.54) is 52.7 Å². The maximum absolute atomic E-state index is 12.9.